The average molecular weight is 614 g/mol. The van der Waals surface area contributed by atoms with Crippen LogP contribution in [0.1, 0.15) is 31.7 Å². The van der Waals surface area contributed by atoms with Gasteiger partial charge in [-0.05, 0) is 47.5 Å². The summed E-state index contributed by atoms with van der Waals surface area (Å²) < 4.78 is 38.7. The third-order valence-electron chi connectivity index (χ3n) is 7.02. The molecule has 5 aromatic heterocycles. The van der Waals surface area contributed by atoms with Crippen LogP contribution in [0.4, 0.5) is 10.1 Å². The van der Waals surface area contributed by atoms with Crippen LogP contribution >= 0.6 is 0 Å². The van der Waals surface area contributed by atoms with Crippen LogP contribution in [0.2, 0.25) is 0 Å². The molecule has 6 aromatic rings. The van der Waals surface area contributed by atoms with Gasteiger partial charge in [-0.15, -0.1) is 0 Å². The van der Waals surface area contributed by atoms with Crippen molar-refractivity contribution in [2.45, 2.75) is 26.1 Å². The highest BCUT2D eigenvalue weighted by molar-refractivity contribution is 7.90. The standard InChI is InChI=1S/C30H28FN9O3S/c1-30(2,3)29(41)35-19-10-17(11-33-12-19)21-5-6-22-25(36-21)26(40-39-22)28-37-23-14-34-13-20(24(23)38-28)15-7-16(9-18(31)8-15)27(32)44(4,42)43/h5-14,27H,32H2,1-4H3,(H,35,41)(H,37,38)(H,39,40). The molecule has 0 aliphatic carbocycles. The van der Waals surface area contributed by atoms with Gasteiger partial charge in [-0.3, -0.25) is 19.9 Å². The van der Waals surface area contributed by atoms with E-state index in [2.05, 4.69) is 30.5 Å². The van der Waals surface area contributed by atoms with Crippen LogP contribution in [0, 0.1) is 11.2 Å². The summed E-state index contributed by atoms with van der Waals surface area (Å²) in [6.45, 7) is 5.49. The molecule has 1 atom stereocenters. The van der Waals surface area contributed by atoms with E-state index >= 15 is 0 Å². The molecule has 0 radical (unpaired) electrons. The number of amides is 1. The van der Waals surface area contributed by atoms with Crippen LogP contribution in [0.5, 0.6) is 0 Å². The predicted molar refractivity (Wildman–Crippen MR) is 165 cm³/mol. The maximum absolute atomic E-state index is 14.6. The molecule has 1 amide bonds. The van der Waals surface area contributed by atoms with Crippen LogP contribution in [-0.2, 0) is 14.6 Å². The van der Waals surface area contributed by atoms with Gasteiger partial charge in [-0.1, -0.05) is 20.8 Å². The van der Waals surface area contributed by atoms with Gasteiger partial charge < -0.3 is 16.0 Å². The summed E-state index contributed by atoms with van der Waals surface area (Å²) in [5, 5.41) is 8.91. The Kier molecular flexibility index (Phi) is 6.97. The zero-order valence-corrected chi connectivity index (χ0v) is 25.0. The van der Waals surface area contributed by atoms with Gasteiger partial charge in [0.15, 0.2) is 21.4 Å². The number of hydrogen-bond donors (Lipinski definition) is 4. The van der Waals surface area contributed by atoms with Gasteiger partial charge in [0.25, 0.3) is 0 Å². The molecule has 1 unspecified atom stereocenters. The number of pyridine rings is 3. The SMILES string of the molecule is CC(C)(C)C(=O)Nc1cncc(-c2ccc3[nH]nc(-c4nc5c(-c6cc(F)cc(C(N)S(C)(=O)=O)c6)cncc5[nH]4)c3n2)c1. The van der Waals surface area contributed by atoms with E-state index in [-0.39, 0.29) is 11.5 Å². The summed E-state index contributed by atoms with van der Waals surface area (Å²) in [7, 11) is -3.67. The first-order valence-electron chi connectivity index (χ1n) is 13.5. The van der Waals surface area contributed by atoms with Crippen LogP contribution in [0.25, 0.3) is 56.0 Å². The number of carbonyl (C=O) groups is 1. The van der Waals surface area contributed by atoms with Crippen molar-refractivity contribution >= 4 is 43.5 Å². The second-order valence-corrected chi connectivity index (χ2v) is 13.7. The van der Waals surface area contributed by atoms with Crippen molar-refractivity contribution in [3.8, 4) is 33.9 Å². The number of benzene rings is 1. The predicted octanol–water partition coefficient (Wildman–Crippen LogP) is 4.75. The first-order valence-corrected chi connectivity index (χ1v) is 15.4. The summed E-state index contributed by atoms with van der Waals surface area (Å²) in [5.74, 6) is -0.390. The minimum Gasteiger partial charge on any atom is -0.335 e. The molecule has 224 valence electrons. The zero-order valence-electron chi connectivity index (χ0n) is 24.2. The van der Waals surface area contributed by atoms with Gasteiger partial charge in [0.1, 0.15) is 16.7 Å². The smallest absolute Gasteiger partial charge is 0.229 e. The fourth-order valence-electron chi connectivity index (χ4n) is 4.63. The second-order valence-electron chi connectivity index (χ2n) is 11.5. The van der Waals surface area contributed by atoms with Gasteiger partial charge in [0.05, 0.1) is 40.3 Å². The van der Waals surface area contributed by atoms with Crippen molar-refractivity contribution in [2.24, 2.45) is 11.1 Å². The van der Waals surface area contributed by atoms with Gasteiger partial charge in [0.2, 0.25) is 5.91 Å². The van der Waals surface area contributed by atoms with Gasteiger partial charge in [-0.2, -0.15) is 5.10 Å². The van der Waals surface area contributed by atoms with E-state index in [0.29, 0.717) is 61.7 Å². The summed E-state index contributed by atoms with van der Waals surface area (Å²) in [4.78, 5) is 33.8. The molecular formula is C30H28FN9O3S. The Morgan fingerprint density at radius 3 is 2.48 bits per heavy atom. The summed E-state index contributed by atoms with van der Waals surface area (Å²) in [6, 6.07) is 9.34. The van der Waals surface area contributed by atoms with Crippen molar-refractivity contribution in [3.05, 3.63) is 72.6 Å². The van der Waals surface area contributed by atoms with Crippen LogP contribution in [0.3, 0.4) is 0 Å². The third kappa shape index (κ3) is 5.52. The molecule has 0 saturated heterocycles. The second kappa shape index (κ2) is 10.6. The van der Waals surface area contributed by atoms with Gasteiger partial charge >= 0.3 is 0 Å². The molecule has 6 rings (SSSR count). The van der Waals surface area contributed by atoms with Crippen molar-refractivity contribution in [1.82, 2.24) is 35.1 Å². The minimum atomic E-state index is -3.67. The molecule has 0 fully saturated rings. The first-order chi connectivity index (χ1) is 20.8. The number of carbonyl (C=O) groups excluding carboxylic acids is 1. The number of nitrogens with one attached hydrogen (secondary N) is 3. The number of fused-ring (bicyclic) bond motifs is 2. The number of imidazole rings is 1. The normalized spacial score (nSPS) is 13.0. The number of anilines is 1. The Balaban J connectivity index is 1.40. The fraction of sp³-hybridized carbons (Fsp3) is 0.200. The fourth-order valence-corrected chi connectivity index (χ4v) is 5.26. The molecule has 14 heteroatoms. The maximum Gasteiger partial charge on any atom is 0.229 e. The van der Waals surface area contributed by atoms with Gasteiger partial charge in [-0.25, -0.2) is 22.8 Å². The van der Waals surface area contributed by atoms with E-state index in [0.717, 1.165) is 12.3 Å². The topological polar surface area (TPSA) is 185 Å². The summed E-state index contributed by atoms with van der Waals surface area (Å²) >= 11 is 0. The number of nitrogens with zero attached hydrogens (tertiary/aromatic N) is 5. The van der Waals surface area contributed by atoms with Crippen molar-refractivity contribution < 1.29 is 17.6 Å². The largest absolute Gasteiger partial charge is 0.335 e. The molecule has 5 heterocycles. The first kappa shape index (κ1) is 29.0. The minimum absolute atomic E-state index is 0.113. The molecule has 44 heavy (non-hydrogen) atoms. The number of rotatable bonds is 6. The molecule has 12 nitrogen and oxygen atoms in total. The van der Waals surface area contributed by atoms with E-state index in [9.17, 15) is 17.6 Å². The van der Waals surface area contributed by atoms with Crippen LogP contribution in [0.15, 0.2) is 61.2 Å². The number of aromatic nitrogens is 7. The zero-order chi connectivity index (χ0) is 31.4. The Morgan fingerprint density at radius 2 is 1.73 bits per heavy atom. The quantitative estimate of drug-likeness (QED) is 0.206. The number of nitrogens with two attached hydrogens (primary N) is 1. The van der Waals surface area contributed by atoms with E-state index in [1.54, 1.807) is 24.7 Å². The molecule has 1 aromatic carbocycles. The molecule has 5 N–H and O–H groups in total. The Labute approximate surface area is 251 Å². The molecule has 0 saturated carbocycles. The van der Waals surface area contributed by atoms with Crippen LogP contribution < -0.4 is 11.1 Å². The van der Waals surface area contributed by atoms with E-state index in [4.69, 9.17) is 15.7 Å². The van der Waals surface area contributed by atoms with Crippen LogP contribution in [-0.4, -0.2) is 55.7 Å². The van der Waals surface area contributed by atoms with E-state index < -0.39 is 26.4 Å². The number of halogens is 1. The average Bonchev–Trinajstić information content (AvgIpc) is 3.59. The highest BCUT2D eigenvalue weighted by Gasteiger charge is 2.23. The Morgan fingerprint density at radius 1 is 0.955 bits per heavy atom. The van der Waals surface area contributed by atoms with Crippen molar-refractivity contribution in [3.63, 3.8) is 0 Å². The number of aromatic amines is 2. The van der Waals surface area contributed by atoms with Crippen molar-refractivity contribution in [2.75, 3.05) is 11.6 Å². The molecular weight excluding hydrogens is 585 g/mol. The lowest BCUT2D eigenvalue weighted by Crippen LogP contribution is -2.27. The highest BCUT2D eigenvalue weighted by Crippen LogP contribution is 2.33. The lowest BCUT2D eigenvalue weighted by atomic mass is 9.95. The highest BCUT2D eigenvalue weighted by atomic mass is 32.2. The molecule has 0 bridgehead atoms. The Hall–Kier alpha value is -5.08. The monoisotopic (exact) mass is 613 g/mol. The molecule has 0 aliphatic heterocycles. The lowest BCUT2D eigenvalue weighted by Gasteiger charge is -2.17. The number of hydrogen-bond acceptors (Lipinski definition) is 9. The lowest BCUT2D eigenvalue weighted by molar-refractivity contribution is -0.123. The Bertz CT molecular complexity index is 2190. The number of sulfone groups is 1. The summed E-state index contributed by atoms with van der Waals surface area (Å²) in [6.07, 6.45) is 7.33. The summed E-state index contributed by atoms with van der Waals surface area (Å²) in [5.41, 5.74) is 10.8. The maximum atomic E-state index is 14.6. The molecule has 0 spiro atoms. The van der Waals surface area contributed by atoms with Gasteiger partial charge in [0, 0.05) is 35.2 Å². The number of H-pyrrole nitrogens is 2. The van der Waals surface area contributed by atoms with Crippen molar-refractivity contribution in [1.29, 1.82) is 0 Å². The van der Waals surface area contributed by atoms with E-state index in [1.165, 1.54) is 18.3 Å². The van der Waals surface area contributed by atoms with E-state index in [1.807, 2.05) is 32.9 Å². The molecule has 0 aliphatic rings. The third-order valence-corrected chi connectivity index (χ3v) is 8.21.